The quantitative estimate of drug-likeness (QED) is 0.868. The molecule has 0 aromatic heterocycles. The van der Waals surface area contributed by atoms with Crippen molar-refractivity contribution < 1.29 is 19.3 Å². The van der Waals surface area contributed by atoms with Crippen molar-refractivity contribution in [1.29, 1.82) is 0 Å². The van der Waals surface area contributed by atoms with Gasteiger partial charge in [-0.2, -0.15) is 0 Å². The molecule has 0 amide bonds. The lowest BCUT2D eigenvalue weighted by Gasteiger charge is -2.44. The number of aliphatic hydroxyl groups excluding tert-OH is 2. The van der Waals surface area contributed by atoms with Crippen molar-refractivity contribution in [2.75, 3.05) is 24.6 Å². The minimum atomic E-state index is -0.396. The van der Waals surface area contributed by atoms with Crippen LogP contribution in [0, 0.1) is 5.82 Å². The highest BCUT2D eigenvalue weighted by Gasteiger charge is 2.33. The minimum absolute atomic E-state index is 0.0599. The lowest BCUT2D eigenvalue weighted by atomic mass is 10.0. The Morgan fingerprint density at radius 1 is 1.42 bits per heavy atom. The summed E-state index contributed by atoms with van der Waals surface area (Å²) in [6.07, 6.45) is -0.277. The Hall–Kier alpha value is -1.17. The number of aliphatic hydroxyl groups is 2. The SMILES string of the molecule is CC1(C)CN(c2ccc(F)cc2CO)CC(CO)O1. The third kappa shape index (κ3) is 3.23. The summed E-state index contributed by atoms with van der Waals surface area (Å²) in [6.45, 7) is 4.78. The molecule has 0 saturated carbocycles. The van der Waals surface area contributed by atoms with Gasteiger partial charge in [0.2, 0.25) is 0 Å². The molecule has 1 aliphatic rings. The second-order valence-electron chi connectivity index (χ2n) is 5.49. The Labute approximate surface area is 112 Å². The van der Waals surface area contributed by atoms with Gasteiger partial charge in [0, 0.05) is 24.3 Å². The average Bonchev–Trinajstić information content (AvgIpc) is 2.36. The van der Waals surface area contributed by atoms with E-state index >= 15 is 0 Å². The number of nitrogens with zero attached hydrogens (tertiary/aromatic N) is 1. The van der Waals surface area contributed by atoms with Crippen molar-refractivity contribution >= 4 is 5.69 Å². The number of hydrogen-bond acceptors (Lipinski definition) is 4. The van der Waals surface area contributed by atoms with E-state index in [1.54, 1.807) is 6.07 Å². The molecule has 2 rings (SSSR count). The number of anilines is 1. The summed E-state index contributed by atoms with van der Waals surface area (Å²) in [7, 11) is 0. The predicted molar refractivity (Wildman–Crippen MR) is 70.6 cm³/mol. The normalized spacial score (nSPS) is 22.6. The number of rotatable bonds is 3. The summed E-state index contributed by atoms with van der Waals surface area (Å²) in [5.74, 6) is -0.362. The molecular formula is C14H20FNO3. The average molecular weight is 269 g/mol. The van der Waals surface area contributed by atoms with Crippen LogP contribution in [-0.4, -0.2) is 41.6 Å². The molecule has 0 aliphatic carbocycles. The van der Waals surface area contributed by atoms with Crippen molar-refractivity contribution in [2.45, 2.75) is 32.2 Å². The van der Waals surface area contributed by atoms with E-state index in [0.717, 1.165) is 5.69 Å². The fourth-order valence-electron chi connectivity index (χ4n) is 2.56. The Morgan fingerprint density at radius 3 is 2.79 bits per heavy atom. The van der Waals surface area contributed by atoms with Crippen LogP contribution in [0.3, 0.4) is 0 Å². The van der Waals surface area contributed by atoms with Crippen LogP contribution in [0.2, 0.25) is 0 Å². The molecule has 1 aromatic rings. The van der Waals surface area contributed by atoms with E-state index in [9.17, 15) is 14.6 Å². The zero-order valence-corrected chi connectivity index (χ0v) is 11.3. The largest absolute Gasteiger partial charge is 0.394 e. The van der Waals surface area contributed by atoms with Crippen LogP contribution >= 0.6 is 0 Å². The first-order chi connectivity index (χ1) is 8.95. The van der Waals surface area contributed by atoms with Crippen LogP contribution in [0.25, 0.3) is 0 Å². The zero-order chi connectivity index (χ0) is 14.0. The summed E-state index contributed by atoms with van der Waals surface area (Å²) in [5.41, 5.74) is 0.945. The van der Waals surface area contributed by atoms with E-state index < -0.39 is 5.60 Å². The van der Waals surface area contributed by atoms with Crippen LogP contribution < -0.4 is 4.90 Å². The lowest BCUT2D eigenvalue weighted by Crippen LogP contribution is -2.54. The smallest absolute Gasteiger partial charge is 0.123 e. The van der Waals surface area contributed by atoms with Crippen LogP contribution in [0.5, 0.6) is 0 Å². The maximum absolute atomic E-state index is 13.2. The van der Waals surface area contributed by atoms with Gasteiger partial charge in [0.25, 0.3) is 0 Å². The predicted octanol–water partition coefficient (Wildman–Crippen LogP) is 1.29. The summed E-state index contributed by atoms with van der Waals surface area (Å²) < 4.78 is 18.9. The second-order valence-corrected chi connectivity index (χ2v) is 5.49. The highest BCUT2D eigenvalue weighted by molar-refractivity contribution is 5.54. The first-order valence-corrected chi connectivity index (χ1v) is 6.38. The fraction of sp³-hybridized carbons (Fsp3) is 0.571. The number of halogens is 1. The molecule has 5 heteroatoms. The van der Waals surface area contributed by atoms with E-state index in [-0.39, 0.29) is 25.1 Å². The van der Waals surface area contributed by atoms with Gasteiger partial charge in [0.1, 0.15) is 5.82 Å². The van der Waals surface area contributed by atoms with Gasteiger partial charge >= 0.3 is 0 Å². The van der Waals surface area contributed by atoms with Gasteiger partial charge in [-0.15, -0.1) is 0 Å². The van der Waals surface area contributed by atoms with Gasteiger partial charge in [0.15, 0.2) is 0 Å². The molecule has 0 spiro atoms. The molecule has 1 aliphatic heterocycles. The topological polar surface area (TPSA) is 52.9 Å². The summed E-state index contributed by atoms with van der Waals surface area (Å²) in [6, 6.07) is 4.38. The van der Waals surface area contributed by atoms with Crippen LogP contribution in [-0.2, 0) is 11.3 Å². The lowest BCUT2D eigenvalue weighted by molar-refractivity contribution is -0.101. The maximum atomic E-state index is 13.2. The molecule has 4 nitrogen and oxygen atoms in total. The van der Waals surface area contributed by atoms with E-state index in [1.165, 1.54) is 12.1 Å². The molecular weight excluding hydrogens is 249 g/mol. The van der Waals surface area contributed by atoms with Gasteiger partial charge < -0.3 is 19.8 Å². The van der Waals surface area contributed by atoms with Gasteiger partial charge in [0.05, 0.1) is 24.9 Å². The Balaban J connectivity index is 2.30. The molecule has 0 bridgehead atoms. The molecule has 0 radical (unpaired) electrons. The van der Waals surface area contributed by atoms with Gasteiger partial charge in [-0.3, -0.25) is 0 Å². The van der Waals surface area contributed by atoms with Crippen molar-refractivity contribution in [3.63, 3.8) is 0 Å². The highest BCUT2D eigenvalue weighted by Crippen LogP contribution is 2.29. The van der Waals surface area contributed by atoms with Gasteiger partial charge in [-0.25, -0.2) is 4.39 Å². The molecule has 1 unspecified atom stereocenters. The van der Waals surface area contributed by atoms with Gasteiger partial charge in [-0.05, 0) is 32.0 Å². The van der Waals surface area contributed by atoms with Crippen molar-refractivity contribution in [2.24, 2.45) is 0 Å². The number of hydrogen-bond donors (Lipinski definition) is 2. The van der Waals surface area contributed by atoms with Gasteiger partial charge in [-0.1, -0.05) is 0 Å². The molecule has 1 saturated heterocycles. The van der Waals surface area contributed by atoms with Crippen LogP contribution in [0.4, 0.5) is 10.1 Å². The van der Waals surface area contributed by atoms with E-state index in [4.69, 9.17) is 4.74 Å². The second kappa shape index (κ2) is 5.45. The van der Waals surface area contributed by atoms with Crippen LogP contribution in [0.1, 0.15) is 19.4 Å². The molecule has 19 heavy (non-hydrogen) atoms. The van der Waals surface area contributed by atoms with E-state index in [1.807, 2.05) is 18.7 Å². The third-order valence-electron chi connectivity index (χ3n) is 3.24. The molecule has 1 heterocycles. The van der Waals surface area contributed by atoms with Crippen molar-refractivity contribution in [1.82, 2.24) is 0 Å². The van der Waals surface area contributed by atoms with Crippen molar-refractivity contribution in [3.8, 4) is 0 Å². The standard InChI is InChI=1S/C14H20FNO3/c1-14(2)9-16(6-12(8-18)19-14)13-4-3-11(15)5-10(13)7-17/h3-5,12,17-18H,6-9H2,1-2H3. The van der Waals surface area contributed by atoms with Crippen molar-refractivity contribution in [3.05, 3.63) is 29.6 Å². The highest BCUT2D eigenvalue weighted by atomic mass is 19.1. The maximum Gasteiger partial charge on any atom is 0.123 e. The molecule has 1 fully saturated rings. The number of morpholine rings is 1. The zero-order valence-electron chi connectivity index (χ0n) is 11.3. The summed E-state index contributed by atoms with van der Waals surface area (Å²) in [5, 5.41) is 18.7. The fourth-order valence-corrected chi connectivity index (χ4v) is 2.56. The van der Waals surface area contributed by atoms with E-state index in [0.29, 0.717) is 18.7 Å². The Kier molecular flexibility index (Phi) is 4.08. The number of benzene rings is 1. The minimum Gasteiger partial charge on any atom is -0.394 e. The molecule has 1 atom stereocenters. The first-order valence-electron chi connectivity index (χ1n) is 6.38. The summed E-state index contributed by atoms with van der Waals surface area (Å²) in [4.78, 5) is 2.02. The van der Waals surface area contributed by atoms with E-state index in [2.05, 4.69) is 0 Å². The molecule has 106 valence electrons. The Morgan fingerprint density at radius 2 is 2.16 bits per heavy atom. The third-order valence-corrected chi connectivity index (χ3v) is 3.24. The van der Waals surface area contributed by atoms with Crippen LogP contribution in [0.15, 0.2) is 18.2 Å². The first kappa shape index (κ1) is 14.2. The molecule has 1 aromatic carbocycles. The number of ether oxygens (including phenoxy) is 1. The Bertz CT molecular complexity index is 450. The molecule has 2 N–H and O–H groups in total. The summed E-state index contributed by atoms with van der Waals surface area (Å²) >= 11 is 0. The monoisotopic (exact) mass is 269 g/mol.